The SMILES string of the molecule is COCCN(Cc1ccco1)C(=O)COc1ccccc1Cl. The summed E-state index contributed by atoms with van der Waals surface area (Å²) in [5.74, 6) is 1.04. The van der Waals surface area contributed by atoms with Crippen LogP contribution in [0.2, 0.25) is 5.02 Å². The van der Waals surface area contributed by atoms with Crippen LogP contribution in [-0.2, 0) is 16.1 Å². The Hall–Kier alpha value is -1.98. The maximum Gasteiger partial charge on any atom is 0.260 e. The molecule has 0 unspecified atom stereocenters. The van der Waals surface area contributed by atoms with Crippen LogP contribution in [0.3, 0.4) is 0 Å². The van der Waals surface area contributed by atoms with E-state index >= 15 is 0 Å². The molecule has 0 aliphatic carbocycles. The summed E-state index contributed by atoms with van der Waals surface area (Å²) >= 11 is 6.00. The Morgan fingerprint density at radius 3 is 2.77 bits per heavy atom. The zero-order valence-electron chi connectivity index (χ0n) is 12.3. The van der Waals surface area contributed by atoms with Gasteiger partial charge in [0, 0.05) is 13.7 Å². The van der Waals surface area contributed by atoms with Crippen LogP contribution in [0.25, 0.3) is 0 Å². The van der Waals surface area contributed by atoms with E-state index in [0.717, 1.165) is 0 Å². The second-order valence-corrected chi connectivity index (χ2v) is 5.01. The van der Waals surface area contributed by atoms with Gasteiger partial charge in [0.1, 0.15) is 11.5 Å². The lowest BCUT2D eigenvalue weighted by atomic mass is 10.3. The molecule has 0 aliphatic heterocycles. The second kappa shape index (κ2) is 8.46. The highest BCUT2D eigenvalue weighted by atomic mass is 35.5. The first kappa shape index (κ1) is 16.4. The first-order chi connectivity index (χ1) is 10.7. The van der Waals surface area contributed by atoms with Gasteiger partial charge in [-0.15, -0.1) is 0 Å². The molecule has 2 rings (SSSR count). The molecule has 22 heavy (non-hydrogen) atoms. The molecule has 0 radical (unpaired) electrons. The van der Waals surface area contributed by atoms with Crippen LogP contribution in [0.1, 0.15) is 5.76 Å². The highest BCUT2D eigenvalue weighted by Gasteiger charge is 2.16. The number of carbonyl (C=O) groups is 1. The number of hydrogen-bond donors (Lipinski definition) is 0. The molecule has 0 spiro atoms. The standard InChI is InChI=1S/C16H18ClNO4/c1-20-10-8-18(11-13-5-4-9-21-13)16(19)12-22-15-7-3-2-6-14(15)17/h2-7,9H,8,10-12H2,1H3. The predicted octanol–water partition coefficient (Wildman–Crippen LogP) is 2.99. The molecule has 0 saturated carbocycles. The molecule has 1 amide bonds. The van der Waals surface area contributed by atoms with E-state index in [0.29, 0.717) is 36.2 Å². The number of nitrogens with zero attached hydrogens (tertiary/aromatic N) is 1. The minimum absolute atomic E-state index is 0.0891. The summed E-state index contributed by atoms with van der Waals surface area (Å²) in [6, 6.07) is 10.7. The lowest BCUT2D eigenvalue weighted by Gasteiger charge is -2.21. The van der Waals surface area contributed by atoms with Gasteiger partial charge in [-0.3, -0.25) is 4.79 Å². The second-order valence-electron chi connectivity index (χ2n) is 4.61. The Balaban J connectivity index is 1.94. The number of methoxy groups -OCH3 is 1. The van der Waals surface area contributed by atoms with Crippen molar-refractivity contribution in [3.63, 3.8) is 0 Å². The van der Waals surface area contributed by atoms with Crippen molar-refractivity contribution in [2.45, 2.75) is 6.54 Å². The van der Waals surface area contributed by atoms with Crippen molar-refractivity contribution in [2.24, 2.45) is 0 Å². The fourth-order valence-corrected chi connectivity index (χ4v) is 2.07. The van der Waals surface area contributed by atoms with E-state index in [2.05, 4.69) is 0 Å². The lowest BCUT2D eigenvalue weighted by molar-refractivity contribution is -0.134. The third-order valence-electron chi connectivity index (χ3n) is 3.03. The first-order valence-electron chi connectivity index (χ1n) is 6.87. The van der Waals surface area contributed by atoms with Crippen molar-refractivity contribution >= 4 is 17.5 Å². The molecule has 5 nitrogen and oxygen atoms in total. The van der Waals surface area contributed by atoms with E-state index < -0.39 is 0 Å². The Morgan fingerprint density at radius 2 is 2.09 bits per heavy atom. The van der Waals surface area contributed by atoms with Gasteiger partial charge in [0.05, 0.1) is 24.4 Å². The maximum atomic E-state index is 12.3. The number of ether oxygens (including phenoxy) is 2. The van der Waals surface area contributed by atoms with Gasteiger partial charge in [-0.25, -0.2) is 0 Å². The van der Waals surface area contributed by atoms with E-state index in [9.17, 15) is 4.79 Å². The molecule has 1 aromatic heterocycles. The van der Waals surface area contributed by atoms with Crippen LogP contribution in [0.15, 0.2) is 47.1 Å². The van der Waals surface area contributed by atoms with Crippen LogP contribution >= 0.6 is 11.6 Å². The van der Waals surface area contributed by atoms with Gasteiger partial charge in [0.15, 0.2) is 6.61 Å². The number of para-hydroxylation sites is 1. The molecular weight excluding hydrogens is 306 g/mol. The van der Waals surface area contributed by atoms with E-state index in [-0.39, 0.29) is 12.5 Å². The minimum atomic E-state index is -0.159. The zero-order chi connectivity index (χ0) is 15.8. The Morgan fingerprint density at radius 1 is 1.27 bits per heavy atom. The molecule has 0 saturated heterocycles. The third-order valence-corrected chi connectivity index (χ3v) is 3.34. The van der Waals surface area contributed by atoms with Crippen LogP contribution in [-0.4, -0.2) is 37.7 Å². The molecule has 0 bridgehead atoms. The van der Waals surface area contributed by atoms with E-state index in [1.54, 1.807) is 48.6 Å². The maximum absolute atomic E-state index is 12.3. The van der Waals surface area contributed by atoms with Crippen LogP contribution < -0.4 is 4.74 Å². The van der Waals surface area contributed by atoms with Crippen LogP contribution in [0.4, 0.5) is 0 Å². The summed E-state index contributed by atoms with van der Waals surface area (Å²) in [5.41, 5.74) is 0. The van der Waals surface area contributed by atoms with Gasteiger partial charge in [0.25, 0.3) is 5.91 Å². The molecule has 0 aliphatic rings. The number of carbonyl (C=O) groups excluding carboxylic acids is 1. The van der Waals surface area contributed by atoms with Gasteiger partial charge in [-0.05, 0) is 24.3 Å². The first-order valence-corrected chi connectivity index (χ1v) is 7.25. The summed E-state index contributed by atoms with van der Waals surface area (Å²) < 4.78 is 15.8. The van der Waals surface area contributed by atoms with Crippen molar-refractivity contribution < 1.29 is 18.7 Å². The molecule has 2 aromatic rings. The molecule has 0 N–H and O–H groups in total. The number of furan rings is 1. The normalized spacial score (nSPS) is 10.5. The summed E-state index contributed by atoms with van der Waals surface area (Å²) in [4.78, 5) is 13.9. The van der Waals surface area contributed by atoms with Crippen molar-refractivity contribution in [3.8, 4) is 5.75 Å². The Labute approximate surface area is 134 Å². The van der Waals surface area contributed by atoms with Crippen LogP contribution in [0, 0.1) is 0 Å². The predicted molar refractivity (Wildman–Crippen MR) is 82.9 cm³/mol. The Kier molecular flexibility index (Phi) is 6.30. The van der Waals surface area contributed by atoms with E-state index in [1.165, 1.54) is 0 Å². The number of hydrogen-bond acceptors (Lipinski definition) is 4. The molecule has 0 atom stereocenters. The topological polar surface area (TPSA) is 51.9 Å². The molecule has 6 heteroatoms. The Bertz CT molecular complexity index is 586. The minimum Gasteiger partial charge on any atom is -0.482 e. The van der Waals surface area contributed by atoms with Crippen molar-refractivity contribution in [2.75, 3.05) is 26.9 Å². The highest BCUT2D eigenvalue weighted by molar-refractivity contribution is 6.32. The number of halogens is 1. The van der Waals surface area contributed by atoms with Gasteiger partial charge in [-0.1, -0.05) is 23.7 Å². The van der Waals surface area contributed by atoms with E-state index in [4.69, 9.17) is 25.5 Å². The summed E-state index contributed by atoms with van der Waals surface area (Å²) in [6.45, 7) is 1.19. The van der Waals surface area contributed by atoms with E-state index in [1.807, 2.05) is 6.07 Å². The van der Waals surface area contributed by atoms with Crippen LogP contribution in [0.5, 0.6) is 5.75 Å². The fraction of sp³-hybridized carbons (Fsp3) is 0.312. The van der Waals surface area contributed by atoms with Crippen molar-refractivity contribution in [1.82, 2.24) is 4.90 Å². The fourth-order valence-electron chi connectivity index (χ4n) is 1.88. The summed E-state index contributed by atoms with van der Waals surface area (Å²) in [6.07, 6.45) is 1.58. The van der Waals surface area contributed by atoms with Gasteiger partial charge in [-0.2, -0.15) is 0 Å². The van der Waals surface area contributed by atoms with Gasteiger partial charge >= 0.3 is 0 Å². The zero-order valence-corrected chi connectivity index (χ0v) is 13.1. The third kappa shape index (κ3) is 4.79. The quantitative estimate of drug-likeness (QED) is 0.749. The van der Waals surface area contributed by atoms with Crippen molar-refractivity contribution in [1.29, 1.82) is 0 Å². The highest BCUT2D eigenvalue weighted by Crippen LogP contribution is 2.23. The molecule has 118 valence electrons. The van der Waals surface area contributed by atoms with Crippen molar-refractivity contribution in [3.05, 3.63) is 53.4 Å². The smallest absolute Gasteiger partial charge is 0.260 e. The number of rotatable bonds is 8. The molecule has 1 aromatic carbocycles. The molecule has 1 heterocycles. The van der Waals surface area contributed by atoms with Gasteiger partial charge < -0.3 is 18.8 Å². The monoisotopic (exact) mass is 323 g/mol. The largest absolute Gasteiger partial charge is 0.482 e. The lowest BCUT2D eigenvalue weighted by Crippen LogP contribution is -2.36. The van der Waals surface area contributed by atoms with Gasteiger partial charge in [0.2, 0.25) is 0 Å². The number of benzene rings is 1. The molecule has 0 fully saturated rings. The summed E-state index contributed by atoms with van der Waals surface area (Å²) in [5, 5.41) is 0.477. The average molecular weight is 324 g/mol. The average Bonchev–Trinajstić information content (AvgIpc) is 3.03. The number of amides is 1. The summed E-state index contributed by atoms with van der Waals surface area (Å²) in [7, 11) is 1.59. The molecular formula is C16H18ClNO4.